The minimum atomic E-state index is -0.282. The first kappa shape index (κ1) is 29.6. The Hall–Kier alpha value is -3.95. The third kappa shape index (κ3) is 8.27. The molecule has 3 rings (SSSR count). The van der Waals surface area contributed by atoms with Crippen molar-refractivity contribution in [3.8, 4) is 11.1 Å². The van der Waals surface area contributed by atoms with E-state index < -0.39 is 0 Å². The van der Waals surface area contributed by atoms with Crippen LogP contribution in [0.5, 0.6) is 0 Å². The normalized spacial score (nSPS) is 12.3. The van der Waals surface area contributed by atoms with Gasteiger partial charge in [-0.2, -0.15) is 0 Å². The molecule has 0 spiro atoms. The number of hydrogen-bond donors (Lipinski definition) is 2. The van der Waals surface area contributed by atoms with Crippen molar-refractivity contribution in [3.05, 3.63) is 101 Å². The molecule has 3 aromatic carbocycles. The van der Waals surface area contributed by atoms with Crippen molar-refractivity contribution in [1.29, 1.82) is 0 Å². The molecule has 0 aromatic heterocycles. The standard InChI is InChI=1S/C33H40N4O2/c1-5-7-17-29(34)31(20-24-14-10-9-11-15-24)36-32(38)26-21-25(28-16-12-13-18-30(28)35-3)22-27(23-26)33(39)37(4)19-8-6-2/h9-16,18,21-23,29,31H,5-8,17,19-20,34H2,1-2,4H3,(H,36,38)/t29-,31-/m0/s1. The topological polar surface area (TPSA) is 79.8 Å². The van der Waals surface area contributed by atoms with E-state index in [1.165, 1.54) is 0 Å². The first-order chi connectivity index (χ1) is 18.9. The summed E-state index contributed by atoms with van der Waals surface area (Å²) in [6.07, 6.45) is 5.30. The monoisotopic (exact) mass is 524 g/mol. The zero-order valence-electron chi connectivity index (χ0n) is 23.3. The van der Waals surface area contributed by atoms with Crippen LogP contribution in [0.25, 0.3) is 16.0 Å². The highest BCUT2D eigenvalue weighted by molar-refractivity contribution is 6.02. The fraction of sp³-hybridized carbons (Fsp3) is 0.364. The number of amides is 2. The van der Waals surface area contributed by atoms with E-state index in [1.54, 1.807) is 36.2 Å². The SMILES string of the molecule is [C-]#[N+]c1ccccc1-c1cc(C(=O)N[C@@H](Cc2ccccc2)[C@@H](N)CCCC)cc(C(=O)N(C)CCCC)c1. The minimum Gasteiger partial charge on any atom is -0.347 e. The lowest BCUT2D eigenvalue weighted by atomic mass is 9.94. The van der Waals surface area contributed by atoms with E-state index in [-0.39, 0.29) is 23.9 Å². The van der Waals surface area contributed by atoms with Crippen molar-refractivity contribution in [3.63, 3.8) is 0 Å². The third-order valence-electron chi connectivity index (χ3n) is 6.99. The van der Waals surface area contributed by atoms with E-state index in [1.807, 2.05) is 48.5 Å². The van der Waals surface area contributed by atoms with Gasteiger partial charge in [0.1, 0.15) is 0 Å². The van der Waals surface area contributed by atoms with Gasteiger partial charge in [-0.15, -0.1) is 0 Å². The lowest BCUT2D eigenvalue weighted by Crippen LogP contribution is -2.49. The zero-order chi connectivity index (χ0) is 28.2. The van der Waals surface area contributed by atoms with Gasteiger partial charge in [0.05, 0.1) is 6.57 Å². The predicted octanol–water partition coefficient (Wildman–Crippen LogP) is 6.64. The Morgan fingerprint density at radius 1 is 0.949 bits per heavy atom. The summed E-state index contributed by atoms with van der Waals surface area (Å²) in [6, 6.07) is 22.0. The molecule has 3 N–H and O–H groups in total. The first-order valence-electron chi connectivity index (χ1n) is 13.9. The Labute approximate surface area is 233 Å². The van der Waals surface area contributed by atoms with Gasteiger partial charge >= 0.3 is 0 Å². The second kappa shape index (κ2) is 14.8. The van der Waals surface area contributed by atoms with Crippen LogP contribution in [-0.2, 0) is 6.42 Å². The highest BCUT2D eigenvalue weighted by atomic mass is 16.2. The van der Waals surface area contributed by atoms with Gasteiger partial charge in [-0.25, -0.2) is 4.85 Å². The molecular weight excluding hydrogens is 484 g/mol. The molecule has 6 heteroatoms. The van der Waals surface area contributed by atoms with Crippen LogP contribution in [-0.4, -0.2) is 42.4 Å². The van der Waals surface area contributed by atoms with Gasteiger partial charge in [-0.1, -0.05) is 87.7 Å². The quantitative estimate of drug-likeness (QED) is 0.246. The lowest BCUT2D eigenvalue weighted by Gasteiger charge is -2.26. The molecule has 0 unspecified atom stereocenters. The first-order valence-corrected chi connectivity index (χ1v) is 13.9. The fourth-order valence-corrected chi connectivity index (χ4v) is 4.64. The van der Waals surface area contributed by atoms with Crippen molar-refractivity contribution in [2.45, 2.75) is 64.5 Å². The Bertz CT molecular complexity index is 1280. The van der Waals surface area contributed by atoms with Crippen LogP contribution < -0.4 is 11.1 Å². The van der Waals surface area contributed by atoms with E-state index in [9.17, 15) is 9.59 Å². The molecule has 2 atom stereocenters. The highest BCUT2D eigenvalue weighted by Crippen LogP contribution is 2.32. The second-order valence-corrected chi connectivity index (χ2v) is 10.1. The molecule has 0 saturated carbocycles. The molecule has 0 heterocycles. The number of hydrogen-bond acceptors (Lipinski definition) is 3. The van der Waals surface area contributed by atoms with E-state index >= 15 is 0 Å². The van der Waals surface area contributed by atoms with Gasteiger partial charge in [0.15, 0.2) is 5.69 Å². The van der Waals surface area contributed by atoms with Gasteiger partial charge in [-0.05, 0) is 54.2 Å². The maximum absolute atomic E-state index is 13.7. The van der Waals surface area contributed by atoms with E-state index in [0.717, 1.165) is 37.7 Å². The summed E-state index contributed by atoms with van der Waals surface area (Å²) in [5.41, 5.74) is 10.3. The summed E-state index contributed by atoms with van der Waals surface area (Å²) < 4.78 is 0. The summed E-state index contributed by atoms with van der Waals surface area (Å²) in [5, 5.41) is 3.18. The molecule has 2 amide bonds. The smallest absolute Gasteiger partial charge is 0.253 e. The average Bonchev–Trinajstić information content (AvgIpc) is 2.97. The van der Waals surface area contributed by atoms with Crippen molar-refractivity contribution in [2.24, 2.45) is 5.73 Å². The van der Waals surface area contributed by atoms with Crippen LogP contribution in [0.2, 0.25) is 0 Å². The number of carbonyl (C=O) groups is 2. The van der Waals surface area contributed by atoms with Gasteiger partial charge in [0, 0.05) is 36.8 Å². The molecule has 0 saturated heterocycles. The third-order valence-corrected chi connectivity index (χ3v) is 6.99. The minimum absolute atomic E-state index is 0.153. The summed E-state index contributed by atoms with van der Waals surface area (Å²) >= 11 is 0. The molecule has 0 fully saturated rings. The van der Waals surface area contributed by atoms with Crippen molar-refractivity contribution in [1.82, 2.24) is 10.2 Å². The van der Waals surface area contributed by atoms with Crippen LogP contribution in [0, 0.1) is 6.57 Å². The van der Waals surface area contributed by atoms with E-state index in [2.05, 4.69) is 24.0 Å². The molecule has 0 aliphatic carbocycles. The van der Waals surface area contributed by atoms with Gasteiger partial charge in [0.25, 0.3) is 11.8 Å². The summed E-state index contributed by atoms with van der Waals surface area (Å²) in [4.78, 5) is 32.4. The number of nitrogens with zero attached hydrogens (tertiary/aromatic N) is 2. The van der Waals surface area contributed by atoms with Gasteiger partial charge in [-0.3, -0.25) is 9.59 Å². The molecule has 0 aliphatic heterocycles. The van der Waals surface area contributed by atoms with Gasteiger partial charge in [0.2, 0.25) is 0 Å². The van der Waals surface area contributed by atoms with E-state index in [4.69, 9.17) is 12.3 Å². The molecule has 0 radical (unpaired) electrons. The van der Waals surface area contributed by atoms with Crippen LogP contribution in [0.1, 0.15) is 72.2 Å². The number of unbranched alkanes of at least 4 members (excludes halogenated alkanes) is 2. The molecule has 204 valence electrons. The Morgan fingerprint density at radius 2 is 1.62 bits per heavy atom. The molecule has 0 bridgehead atoms. The largest absolute Gasteiger partial charge is 0.347 e. The highest BCUT2D eigenvalue weighted by Gasteiger charge is 2.23. The predicted molar refractivity (Wildman–Crippen MR) is 159 cm³/mol. The van der Waals surface area contributed by atoms with Gasteiger partial charge < -0.3 is 16.0 Å². The van der Waals surface area contributed by atoms with E-state index in [0.29, 0.717) is 40.9 Å². The number of para-hydroxylation sites is 1. The maximum atomic E-state index is 13.7. The van der Waals surface area contributed by atoms with Crippen LogP contribution in [0.3, 0.4) is 0 Å². The number of nitrogens with two attached hydrogens (primary N) is 1. The Morgan fingerprint density at radius 3 is 2.31 bits per heavy atom. The molecule has 3 aromatic rings. The average molecular weight is 525 g/mol. The summed E-state index contributed by atoms with van der Waals surface area (Å²) in [5.74, 6) is -0.435. The number of carbonyl (C=O) groups excluding carboxylic acids is 2. The number of rotatable bonds is 13. The Balaban J connectivity index is 2.00. The lowest BCUT2D eigenvalue weighted by molar-refractivity contribution is 0.0793. The maximum Gasteiger partial charge on any atom is 0.253 e. The second-order valence-electron chi connectivity index (χ2n) is 10.1. The van der Waals surface area contributed by atoms with Crippen LogP contribution in [0.15, 0.2) is 72.8 Å². The molecule has 6 nitrogen and oxygen atoms in total. The van der Waals surface area contributed by atoms with Crippen molar-refractivity contribution >= 4 is 17.5 Å². The zero-order valence-corrected chi connectivity index (χ0v) is 23.3. The van der Waals surface area contributed by atoms with Crippen molar-refractivity contribution in [2.75, 3.05) is 13.6 Å². The molecule has 0 aliphatic rings. The number of nitrogens with one attached hydrogen (secondary N) is 1. The van der Waals surface area contributed by atoms with Crippen molar-refractivity contribution < 1.29 is 9.59 Å². The molecular formula is C33H40N4O2. The summed E-state index contributed by atoms with van der Waals surface area (Å²) in [7, 11) is 1.78. The fourth-order valence-electron chi connectivity index (χ4n) is 4.64. The molecule has 39 heavy (non-hydrogen) atoms. The number of benzene rings is 3. The summed E-state index contributed by atoms with van der Waals surface area (Å²) in [6.45, 7) is 12.5. The van der Waals surface area contributed by atoms with Crippen LogP contribution in [0.4, 0.5) is 5.69 Å². The van der Waals surface area contributed by atoms with Crippen LogP contribution >= 0.6 is 0 Å². The Kier molecular flexibility index (Phi) is 11.3.